The van der Waals surface area contributed by atoms with E-state index in [2.05, 4.69) is 42.8 Å². The fourth-order valence-corrected chi connectivity index (χ4v) is 5.89. The molecule has 0 saturated heterocycles. The number of anilines is 1. The summed E-state index contributed by atoms with van der Waals surface area (Å²) in [6.07, 6.45) is 11.2. The van der Waals surface area contributed by atoms with Crippen molar-refractivity contribution >= 4 is 11.7 Å². The van der Waals surface area contributed by atoms with Gasteiger partial charge in [-0.25, -0.2) is 9.37 Å². The number of hydrogen-bond acceptors (Lipinski definition) is 6. The predicted octanol–water partition coefficient (Wildman–Crippen LogP) is 9.08. The van der Waals surface area contributed by atoms with E-state index in [1.807, 2.05) is 50.6 Å². The number of nitrogens with zero attached hydrogens (tertiary/aromatic N) is 6. The van der Waals surface area contributed by atoms with E-state index in [-0.39, 0.29) is 23.9 Å². The minimum Gasteiger partial charge on any atom is -0.390 e. The van der Waals surface area contributed by atoms with Gasteiger partial charge in [-0.2, -0.15) is 5.26 Å². The topological polar surface area (TPSA) is 108 Å². The molecular weight excluding hydrogens is 615 g/mol. The number of carbonyl (C=O) groups excluding carboxylic acids is 1. The third-order valence-electron chi connectivity index (χ3n) is 8.78. The van der Waals surface area contributed by atoms with Crippen molar-refractivity contribution in [3.05, 3.63) is 95.2 Å². The number of fused-ring (bicyclic) bond motifs is 1. The second kappa shape index (κ2) is 16.6. The average Bonchev–Trinajstić information content (AvgIpc) is 3.79. The first-order chi connectivity index (χ1) is 23.6. The van der Waals surface area contributed by atoms with Crippen LogP contribution in [-0.2, 0) is 20.0 Å². The van der Waals surface area contributed by atoms with Crippen molar-refractivity contribution in [1.29, 1.82) is 5.26 Å². The van der Waals surface area contributed by atoms with Gasteiger partial charge in [0.2, 0.25) is 0 Å². The SMILES string of the molecule is C=CCC1(O)CCC1.CC.CCC.CCc1cc2c(cc1F)CN(c1cc(-c3ccc(C#N)cc3-c3nncn3C)cc(C3CC3)n1)C2=O. The number of rotatable bonds is 7. The van der Waals surface area contributed by atoms with Gasteiger partial charge in [-0.15, -0.1) is 16.8 Å². The molecule has 2 saturated carbocycles. The molecule has 3 heterocycles. The summed E-state index contributed by atoms with van der Waals surface area (Å²) in [5, 5.41) is 27.1. The quantitative estimate of drug-likeness (QED) is 0.198. The van der Waals surface area contributed by atoms with E-state index in [1.54, 1.807) is 29.4 Å². The van der Waals surface area contributed by atoms with Crippen LogP contribution in [0.3, 0.4) is 0 Å². The van der Waals surface area contributed by atoms with Gasteiger partial charge in [0.05, 0.1) is 23.8 Å². The van der Waals surface area contributed by atoms with Crippen LogP contribution in [0.15, 0.2) is 61.4 Å². The van der Waals surface area contributed by atoms with Crippen molar-refractivity contribution in [3.8, 4) is 28.6 Å². The number of benzene rings is 2. The van der Waals surface area contributed by atoms with Gasteiger partial charge >= 0.3 is 0 Å². The van der Waals surface area contributed by atoms with Crippen LogP contribution in [0.4, 0.5) is 10.2 Å². The Morgan fingerprint density at radius 2 is 1.80 bits per heavy atom. The summed E-state index contributed by atoms with van der Waals surface area (Å²) in [6, 6.07) is 14.8. The van der Waals surface area contributed by atoms with Crippen molar-refractivity contribution in [2.24, 2.45) is 7.05 Å². The highest BCUT2D eigenvalue weighted by Gasteiger charge is 2.34. The van der Waals surface area contributed by atoms with E-state index in [9.17, 15) is 19.6 Å². The second-order valence-electron chi connectivity index (χ2n) is 12.7. The molecule has 0 radical (unpaired) electrons. The summed E-state index contributed by atoms with van der Waals surface area (Å²) in [7, 11) is 1.86. The standard InChI is InChI=1S/C28H23FN6O.C7H12O.C3H8.C2H6/c1-3-17-9-22-20(10-24(17)29)14-35(28(22)36)26-12-19(11-25(32-26)18-5-6-18)21-7-4-16(13-30)8-23(21)27-33-31-15-34(27)2;1-2-4-7(8)5-3-6-7;1-3-2;1-2/h4,7-12,15,18H,3,5-6,14H2,1-2H3;2,8H,1,3-6H2;3H2,1-2H3;1-2H3. The van der Waals surface area contributed by atoms with E-state index in [1.165, 1.54) is 18.9 Å². The molecule has 1 N–H and O–H groups in total. The highest BCUT2D eigenvalue weighted by molar-refractivity contribution is 6.10. The maximum atomic E-state index is 14.5. The fraction of sp³-hybridized carbons (Fsp3) is 0.425. The van der Waals surface area contributed by atoms with Gasteiger partial charge in [-0.1, -0.05) is 53.2 Å². The van der Waals surface area contributed by atoms with Crippen molar-refractivity contribution in [2.75, 3.05) is 4.90 Å². The first-order valence-electron chi connectivity index (χ1n) is 17.5. The van der Waals surface area contributed by atoms with Gasteiger partial charge in [-0.3, -0.25) is 9.69 Å². The predicted molar refractivity (Wildman–Crippen MR) is 194 cm³/mol. The average molecular weight is 665 g/mol. The molecule has 258 valence electrons. The molecule has 4 aromatic rings. The highest BCUT2D eigenvalue weighted by Crippen LogP contribution is 2.43. The minimum atomic E-state index is -0.345. The van der Waals surface area contributed by atoms with Crippen LogP contribution in [-0.4, -0.2) is 36.4 Å². The maximum Gasteiger partial charge on any atom is 0.260 e. The molecule has 49 heavy (non-hydrogen) atoms. The highest BCUT2D eigenvalue weighted by atomic mass is 19.1. The van der Waals surface area contributed by atoms with Crippen molar-refractivity contribution < 1.29 is 14.3 Å². The molecule has 8 nitrogen and oxygen atoms in total. The number of aryl methyl sites for hydroxylation is 2. The molecule has 2 aliphatic carbocycles. The third-order valence-corrected chi connectivity index (χ3v) is 8.78. The van der Waals surface area contributed by atoms with E-state index >= 15 is 0 Å². The molecule has 2 aromatic carbocycles. The first kappa shape index (κ1) is 37.1. The van der Waals surface area contributed by atoms with Gasteiger partial charge < -0.3 is 9.67 Å². The summed E-state index contributed by atoms with van der Waals surface area (Å²) in [6.45, 7) is 14.0. The van der Waals surface area contributed by atoms with Crippen LogP contribution >= 0.6 is 0 Å². The summed E-state index contributed by atoms with van der Waals surface area (Å²) in [5.41, 5.74) is 5.38. The Bertz CT molecular complexity index is 1820. The molecule has 1 amide bonds. The smallest absolute Gasteiger partial charge is 0.260 e. The van der Waals surface area contributed by atoms with Gasteiger partial charge in [0.15, 0.2) is 5.82 Å². The van der Waals surface area contributed by atoms with Gasteiger partial charge in [0.1, 0.15) is 18.0 Å². The molecule has 0 bridgehead atoms. The molecule has 3 aliphatic rings. The number of hydrogen-bond donors (Lipinski definition) is 1. The third kappa shape index (κ3) is 8.49. The van der Waals surface area contributed by atoms with Crippen LogP contribution < -0.4 is 4.90 Å². The molecule has 2 fully saturated rings. The first-order valence-corrected chi connectivity index (χ1v) is 17.5. The Labute approximate surface area is 290 Å². The normalized spacial score (nSPS) is 15.2. The molecule has 1 aliphatic heterocycles. The molecule has 0 spiro atoms. The Kier molecular flexibility index (Phi) is 12.6. The summed E-state index contributed by atoms with van der Waals surface area (Å²) in [4.78, 5) is 19.9. The number of aromatic nitrogens is 4. The largest absolute Gasteiger partial charge is 0.390 e. The zero-order chi connectivity index (χ0) is 35.7. The summed E-state index contributed by atoms with van der Waals surface area (Å²) in [5.74, 6) is 1.09. The molecule has 2 aromatic heterocycles. The number of nitriles is 1. The van der Waals surface area contributed by atoms with Gasteiger partial charge in [0.25, 0.3) is 5.91 Å². The summed E-state index contributed by atoms with van der Waals surface area (Å²) < 4.78 is 16.3. The molecule has 0 atom stereocenters. The molecule has 0 unspecified atom stereocenters. The summed E-state index contributed by atoms with van der Waals surface area (Å²) >= 11 is 0. The number of pyridine rings is 1. The van der Waals surface area contributed by atoms with Crippen LogP contribution in [0.1, 0.15) is 118 Å². The molecule has 9 heteroatoms. The van der Waals surface area contributed by atoms with E-state index in [4.69, 9.17) is 4.98 Å². The Morgan fingerprint density at radius 1 is 1.08 bits per heavy atom. The fourth-order valence-electron chi connectivity index (χ4n) is 5.89. The van der Waals surface area contributed by atoms with E-state index in [0.717, 1.165) is 54.5 Å². The number of amides is 1. The van der Waals surface area contributed by atoms with Crippen molar-refractivity contribution in [3.63, 3.8) is 0 Å². The van der Waals surface area contributed by atoms with Crippen LogP contribution in [0, 0.1) is 17.1 Å². The zero-order valence-electron chi connectivity index (χ0n) is 29.8. The van der Waals surface area contributed by atoms with E-state index in [0.29, 0.717) is 46.2 Å². The van der Waals surface area contributed by atoms with Crippen molar-refractivity contribution in [1.82, 2.24) is 19.7 Å². The van der Waals surface area contributed by atoms with Gasteiger partial charge in [0, 0.05) is 29.8 Å². The Balaban J connectivity index is 0.000000355. The second-order valence-corrected chi connectivity index (χ2v) is 12.7. The van der Waals surface area contributed by atoms with Crippen LogP contribution in [0.5, 0.6) is 0 Å². The van der Waals surface area contributed by atoms with E-state index < -0.39 is 0 Å². The maximum absolute atomic E-state index is 14.5. The Hall–Kier alpha value is -4.68. The Morgan fingerprint density at radius 3 is 2.33 bits per heavy atom. The lowest BCUT2D eigenvalue weighted by molar-refractivity contribution is -0.0298. The lowest BCUT2D eigenvalue weighted by Gasteiger charge is -2.35. The number of aliphatic hydroxyl groups is 1. The van der Waals surface area contributed by atoms with Crippen molar-refractivity contribution in [2.45, 2.75) is 104 Å². The lowest BCUT2D eigenvalue weighted by atomic mass is 9.78. The zero-order valence-corrected chi connectivity index (χ0v) is 29.8. The molecular formula is C40H49FN6O2. The minimum absolute atomic E-state index is 0.167. The number of halogens is 1. The monoisotopic (exact) mass is 664 g/mol. The number of carbonyl (C=O) groups is 1. The lowest BCUT2D eigenvalue weighted by Crippen LogP contribution is -2.35. The van der Waals surface area contributed by atoms with Crippen LogP contribution in [0.2, 0.25) is 0 Å². The van der Waals surface area contributed by atoms with Gasteiger partial charge in [-0.05, 0) is 104 Å². The van der Waals surface area contributed by atoms with Crippen LogP contribution in [0.25, 0.3) is 22.5 Å². The molecule has 7 rings (SSSR count).